The molecule has 0 atom stereocenters. The highest BCUT2D eigenvalue weighted by molar-refractivity contribution is 7.44. The van der Waals surface area contributed by atoms with Gasteiger partial charge in [-0.3, -0.25) is 0 Å². The molecule has 0 radical (unpaired) electrons. The van der Waals surface area contributed by atoms with E-state index in [1.165, 1.54) is 9.80 Å². The van der Waals surface area contributed by atoms with E-state index in [1.807, 2.05) is 0 Å². The summed E-state index contributed by atoms with van der Waals surface area (Å²) in [6, 6.07) is -0.333. The van der Waals surface area contributed by atoms with Crippen LogP contribution >= 0.6 is 7.80 Å². The first-order chi connectivity index (χ1) is 7.48. The molecule has 90 valence electrons. The predicted molar refractivity (Wildman–Crippen MR) is 55.4 cm³/mol. The van der Waals surface area contributed by atoms with Crippen molar-refractivity contribution in [1.82, 2.24) is 9.80 Å². The molecule has 2 heterocycles. The molecule has 7 heteroatoms. The third-order valence-electron chi connectivity index (χ3n) is 2.95. The summed E-state index contributed by atoms with van der Waals surface area (Å²) < 4.78 is 37.0. The Balaban J connectivity index is 1.91. The van der Waals surface area contributed by atoms with Crippen LogP contribution in [0.25, 0.3) is 0 Å². The number of hydrogen-bond donors (Lipinski definition) is 0. The molecule has 16 heavy (non-hydrogen) atoms. The Labute approximate surface area is 93.4 Å². The van der Waals surface area contributed by atoms with Gasteiger partial charge in [0.25, 0.3) is 5.92 Å². The van der Waals surface area contributed by atoms with Gasteiger partial charge in [0.05, 0.1) is 19.6 Å². The molecule has 2 aliphatic rings. The van der Waals surface area contributed by atoms with E-state index in [9.17, 15) is 18.1 Å². The lowest BCUT2D eigenvalue weighted by Gasteiger charge is -2.27. The molecule has 2 amide bonds. The fraction of sp³-hybridized carbons (Fsp3) is 0.889. The molecule has 0 unspecified atom stereocenters. The van der Waals surface area contributed by atoms with Crippen LogP contribution in [0.1, 0.15) is 6.42 Å². The smallest absolute Gasteiger partial charge is 0.318 e. The number of nitrogens with zero attached hydrogens (tertiary/aromatic N) is 2. The van der Waals surface area contributed by atoms with Crippen molar-refractivity contribution >= 4 is 13.8 Å². The van der Waals surface area contributed by atoms with E-state index < -0.39 is 20.3 Å². The average Bonchev–Trinajstić information content (AvgIpc) is 2.59. The number of halogens is 2. The number of hydrogen-bond acceptors (Lipinski definition) is 2. The van der Waals surface area contributed by atoms with E-state index in [4.69, 9.17) is 0 Å². The molecule has 0 aromatic heterocycles. The zero-order valence-electron chi connectivity index (χ0n) is 8.86. The van der Waals surface area contributed by atoms with Crippen molar-refractivity contribution in [2.45, 2.75) is 12.3 Å². The Bertz CT molecular complexity index is 315. The van der Waals surface area contributed by atoms with E-state index >= 15 is 0 Å². The maximum absolute atomic E-state index is 12.9. The molecular formula is C9H14F2N2O2P+. The first kappa shape index (κ1) is 11.7. The number of alkyl halides is 2. The number of amides is 2. The number of carbonyl (C=O) groups is 1. The van der Waals surface area contributed by atoms with Gasteiger partial charge in [0.15, 0.2) is 12.3 Å². The fourth-order valence-electron chi connectivity index (χ4n) is 1.98. The third-order valence-corrected chi connectivity index (χ3v) is 4.35. The lowest BCUT2D eigenvalue weighted by atomic mass is 10.3. The Hall–Kier alpha value is -0.770. The molecule has 4 nitrogen and oxygen atoms in total. The van der Waals surface area contributed by atoms with Gasteiger partial charge >= 0.3 is 13.8 Å². The van der Waals surface area contributed by atoms with Crippen LogP contribution in [0.2, 0.25) is 0 Å². The normalized spacial score (nSPS) is 25.0. The maximum Gasteiger partial charge on any atom is 0.342 e. The quantitative estimate of drug-likeness (QED) is 0.613. The first-order valence-corrected chi connectivity index (χ1v) is 6.95. The second-order valence-electron chi connectivity index (χ2n) is 4.23. The minimum absolute atomic E-state index is 0.120. The van der Waals surface area contributed by atoms with Crippen molar-refractivity contribution in [2.75, 3.05) is 38.5 Å². The second kappa shape index (κ2) is 4.24. The number of urea groups is 1. The van der Waals surface area contributed by atoms with Crippen molar-refractivity contribution in [1.29, 1.82) is 0 Å². The van der Waals surface area contributed by atoms with Crippen molar-refractivity contribution in [2.24, 2.45) is 0 Å². The van der Waals surface area contributed by atoms with Crippen molar-refractivity contribution < 1.29 is 18.1 Å². The lowest BCUT2D eigenvalue weighted by molar-refractivity contribution is 0.0139. The maximum atomic E-state index is 12.9. The van der Waals surface area contributed by atoms with Gasteiger partial charge in [0.1, 0.15) is 0 Å². The van der Waals surface area contributed by atoms with Crippen LogP contribution in [0.15, 0.2) is 0 Å². The van der Waals surface area contributed by atoms with Gasteiger partial charge in [-0.15, -0.1) is 0 Å². The van der Waals surface area contributed by atoms with Crippen LogP contribution in [-0.2, 0) is 4.57 Å². The number of likely N-dealkylation sites (tertiary alicyclic amines) is 1. The van der Waals surface area contributed by atoms with Gasteiger partial charge in [-0.1, -0.05) is 4.57 Å². The fourth-order valence-corrected chi connectivity index (χ4v) is 3.13. The molecule has 0 aromatic carbocycles. The Morgan fingerprint density at radius 2 is 1.75 bits per heavy atom. The molecule has 0 spiro atoms. The van der Waals surface area contributed by atoms with Gasteiger partial charge in [0.2, 0.25) is 0 Å². The highest BCUT2D eigenvalue weighted by atomic mass is 31.1. The van der Waals surface area contributed by atoms with Crippen LogP contribution in [0, 0.1) is 0 Å². The van der Waals surface area contributed by atoms with Crippen molar-refractivity contribution in [3.63, 3.8) is 0 Å². The number of carbonyl (C=O) groups excluding carboxylic acids is 1. The summed E-state index contributed by atoms with van der Waals surface area (Å²) in [4.78, 5) is 14.5. The van der Waals surface area contributed by atoms with E-state index in [-0.39, 0.29) is 19.0 Å². The van der Waals surface area contributed by atoms with Gasteiger partial charge in [0, 0.05) is 13.0 Å². The first-order valence-electron chi connectivity index (χ1n) is 5.32. The molecule has 0 aliphatic carbocycles. The molecule has 0 bridgehead atoms. The Morgan fingerprint density at radius 3 is 2.25 bits per heavy atom. The van der Waals surface area contributed by atoms with E-state index in [0.717, 1.165) is 0 Å². The SMILES string of the molecule is O=C(N1CC[P+](=O)CC1)N1CCC(F)(F)C1. The minimum Gasteiger partial charge on any atom is -0.318 e. The third kappa shape index (κ3) is 2.48. The molecule has 0 aromatic rings. The van der Waals surface area contributed by atoms with Crippen LogP contribution in [0.4, 0.5) is 13.6 Å². The van der Waals surface area contributed by atoms with Crippen LogP contribution < -0.4 is 0 Å². The molecule has 2 rings (SSSR count). The summed E-state index contributed by atoms with van der Waals surface area (Å²) in [6.07, 6.45) is 0.734. The Morgan fingerprint density at radius 1 is 1.12 bits per heavy atom. The van der Waals surface area contributed by atoms with Gasteiger partial charge in [-0.05, 0) is 0 Å². The molecule has 2 aliphatic heterocycles. The Kier molecular flexibility index (Phi) is 3.10. The summed E-state index contributed by atoms with van der Waals surface area (Å²) in [5, 5.41) is 0. The van der Waals surface area contributed by atoms with Crippen LogP contribution in [0.3, 0.4) is 0 Å². The molecular weight excluding hydrogens is 237 g/mol. The highest BCUT2D eigenvalue weighted by Crippen LogP contribution is 2.29. The van der Waals surface area contributed by atoms with Gasteiger partial charge in [-0.2, -0.15) is 0 Å². The largest absolute Gasteiger partial charge is 0.342 e. The van der Waals surface area contributed by atoms with Gasteiger partial charge < -0.3 is 9.80 Å². The predicted octanol–water partition coefficient (Wildman–Crippen LogP) is 1.59. The summed E-state index contributed by atoms with van der Waals surface area (Å²) in [5.41, 5.74) is 0. The van der Waals surface area contributed by atoms with E-state index in [1.54, 1.807) is 0 Å². The van der Waals surface area contributed by atoms with Crippen molar-refractivity contribution in [3.05, 3.63) is 0 Å². The monoisotopic (exact) mass is 251 g/mol. The summed E-state index contributed by atoms with van der Waals surface area (Å²) in [7, 11) is -1.18. The topological polar surface area (TPSA) is 40.6 Å². The minimum atomic E-state index is -2.74. The zero-order chi connectivity index (χ0) is 11.8. The zero-order valence-corrected chi connectivity index (χ0v) is 9.76. The summed E-state index contributed by atoms with van der Waals surface area (Å²) in [5.74, 6) is -2.74. The van der Waals surface area contributed by atoms with E-state index in [2.05, 4.69) is 0 Å². The average molecular weight is 251 g/mol. The van der Waals surface area contributed by atoms with Crippen LogP contribution in [0.5, 0.6) is 0 Å². The van der Waals surface area contributed by atoms with Crippen LogP contribution in [-0.4, -0.2) is 60.3 Å². The van der Waals surface area contributed by atoms with Gasteiger partial charge in [-0.25, -0.2) is 13.6 Å². The lowest BCUT2D eigenvalue weighted by Crippen LogP contribution is -2.46. The molecule has 2 fully saturated rings. The second-order valence-corrected chi connectivity index (χ2v) is 6.08. The van der Waals surface area contributed by atoms with E-state index in [0.29, 0.717) is 25.4 Å². The number of rotatable bonds is 0. The molecule has 2 saturated heterocycles. The molecule has 0 N–H and O–H groups in total. The molecule has 0 saturated carbocycles. The summed E-state index contributed by atoms with van der Waals surface area (Å²) >= 11 is 0. The highest BCUT2D eigenvalue weighted by Gasteiger charge is 2.42. The standard InChI is InChI=1S/C9H14F2N2O2P/c10-9(11)1-2-13(7-9)8(14)12-3-5-16(15)6-4-12/h1-7H2/q+1. The summed E-state index contributed by atoms with van der Waals surface area (Å²) in [6.45, 7) is 0.495. The van der Waals surface area contributed by atoms with Crippen molar-refractivity contribution in [3.8, 4) is 0 Å².